The van der Waals surface area contributed by atoms with Crippen LogP contribution in [-0.2, 0) is 14.3 Å². The lowest BCUT2D eigenvalue weighted by atomic mass is 9.89. The quantitative estimate of drug-likeness (QED) is 0.414. The maximum Gasteiger partial charge on any atom is 0.319 e. The van der Waals surface area contributed by atoms with Gasteiger partial charge in [0, 0.05) is 8.07 Å². The molecule has 0 aromatic rings. The summed E-state index contributed by atoms with van der Waals surface area (Å²) in [6.45, 7) is 11.7. The van der Waals surface area contributed by atoms with Crippen molar-refractivity contribution in [1.82, 2.24) is 0 Å². The smallest absolute Gasteiger partial charge is 0.319 e. The van der Waals surface area contributed by atoms with E-state index in [-0.39, 0.29) is 5.78 Å². The molecule has 0 radical (unpaired) electrons. The van der Waals surface area contributed by atoms with Crippen LogP contribution in [0.3, 0.4) is 0 Å². The molecule has 88 valence electrons. The molecule has 15 heavy (non-hydrogen) atoms. The molecule has 0 spiro atoms. The van der Waals surface area contributed by atoms with Crippen molar-refractivity contribution in [2.45, 2.75) is 46.5 Å². The minimum Gasteiger partial charge on any atom is -0.465 e. The van der Waals surface area contributed by atoms with Crippen LogP contribution in [0, 0.1) is 5.41 Å². The molecule has 0 aromatic heterocycles. The first-order chi connectivity index (χ1) is 6.57. The zero-order valence-corrected chi connectivity index (χ0v) is 11.6. The second-order valence-corrected chi connectivity index (χ2v) is 11.2. The zero-order chi connectivity index (χ0) is 12.3. The summed E-state index contributed by atoms with van der Waals surface area (Å²) in [5.41, 5.74) is -1.00. The van der Waals surface area contributed by atoms with E-state index in [1.54, 1.807) is 13.8 Å². The van der Waals surface area contributed by atoms with Crippen molar-refractivity contribution in [3.63, 3.8) is 0 Å². The van der Waals surface area contributed by atoms with E-state index in [1.165, 1.54) is 6.92 Å². The maximum absolute atomic E-state index is 11.6. The van der Waals surface area contributed by atoms with Crippen LogP contribution < -0.4 is 0 Å². The van der Waals surface area contributed by atoms with Gasteiger partial charge in [-0.3, -0.25) is 9.59 Å². The number of ether oxygens (including phenoxy) is 1. The van der Waals surface area contributed by atoms with Gasteiger partial charge in [0.2, 0.25) is 0 Å². The van der Waals surface area contributed by atoms with Gasteiger partial charge in [0.05, 0.1) is 6.61 Å². The number of Topliss-reactive ketones (excluding diaryl/α,β-unsaturated/α-hetero) is 1. The van der Waals surface area contributed by atoms with Crippen LogP contribution >= 0.6 is 0 Å². The van der Waals surface area contributed by atoms with Crippen molar-refractivity contribution in [2.24, 2.45) is 5.41 Å². The zero-order valence-electron chi connectivity index (χ0n) is 10.6. The molecule has 0 aliphatic carbocycles. The van der Waals surface area contributed by atoms with Gasteiger partial charge in [-0.05, 0) is 26.8 Å². The molecule has 0 bridgehead atoms. The molecule has 0 saturated carbocycles. The number of rotatable bonds is 5. The highest BCUT2D eigenvalue weighted by Crippen LogP contribution is 2.19. The summed E-state index contributed by atoms with van der Waals surface area (Å²) in [7, 11) is -1.17. The molecule has 4 heteroatoms. The predicted molar refractivity (Wildman–Crippen MR) is 63.6 cm³/mol. The van der Waals surface area contributed by atoms with E-state index in [0.717, 1.165) is 6.04 Å². The van der Waals surface area contributed by atoms with Gasteiger partial charge in [-0.15, -0.1) is 0 Å². The lowest BCUT2D eigenvalue weighted by molar-refractivity contribution is -0.157. The number of carbonyl (C=O) groups excluding carboxylic acids is 2. The minimum atomic E-state index is -1.17. The molecule has 3 nitrogen and oxygen atoms in total. The van der Waals surface area contributed by atoms with Crippen LogP contribution in [0.1, 0.15) is 20.8 Å². The highest BCUT2D eigenvalue weighted by molar-refractivity contribution is 6.76. The van der Waals surface area contributed by atoms with Crippen molar-refractivity contribution in [1.29, 1.82) is 0 Å². The second-order valence-electron chi connectivity index (χ2n) is 5.63. The van der Waals surface area contributed by atoms with Gasteiger partial charge in [-0.1, -0.05) is 19.6 Å². The van der Waals surface area contributed by atoms with E-state index in [2.05, 4.69) is 19.6 Å². The van der Waals surface area contributed by atoms with E-state index >= 15 is 0 Å². The van der Waals surface area contributed by atoms with Crippen LogP contribution in [-0.4, -0.2) is 26.4 Å². The maximum atomic E-state index is 11.6. The molecular formula is C11H22O3Si. The van der Waals surface area contributed by atoms with Crippen molar-refractivity contribution < 1.29 is 14.3 Å². The Labute approximate surface area is 93.2 Å². The number of esters is 1. The van der Waals surface area contributed by atoms with E-state index in [0.29, 0.717) is 6.61 Å². The van der Waals surface area contributed by atoms with Crippen LogP contribution in [0.25, 0.3) is 0 Å². The molecule has 0 rings (SSSR count). The van der Waals surface area contributed by atoms with Crippen LogP contribution in [0.2, 0.25) is 25.7 Å². The van der Waals surface area contributed by atoms with Crippen molar-refractivity contribution >= 4 is 19.8 Å². The normalized spacial score (nSPS) is 12.4. The van der Waals surface area contributed by atoms with Gasteiger partial charge >= 0.3 is 5.97 Å². The summed E-state index contributed by atoms with van der Waals surface area (Å²) in [5, 5.41) is 0. The van der Waals surface area contributed by atoms with Crippen LogP contribution in [0.15, 0.2) is 0 Å². The lowest BCUT2D eigenvalue weighted by Gasteiger charge is -2.21. The lowest BCUT2D eigenvalue weighted by Crippen LogP contribution is -2.34. The SMILES string of the molecule is CC(=O)C(C)(C)C(=O)OCC[Si](C)(C)C. The summed E-state index contributed by atoms with van der Waals surface area (Å²) in [5.74, 6) is -0.561. The fourth-order valence-electron chi connectivity index (χ4n) is 0.774. The molecule has 0 aromatic carbocycles. The van der Waals surface area contributed by atoms with E-state index in [9.17, 15) is 9.59 Å². The second kappa shape index (κ2) is 4.92. The van der Waals surface area contributed by atoms with Crippen molar-refractivity contribution in [2.75, 3.05) is 6.61 Å². The first-order valence-corrected chi connectivity index (χ1v) is 8.96. The number of carbonyl (C=O) groups is 2. The summed E-state index contributed by atoms with van der Waals surface area (Å²) >= 11 is 0. The average Bonchev–Trinajstić information content (AvgIpc) is 2.01. The van der Waals surface area contributed by atoms with Gasteiger partial charge in [0.25, 0.3) is 0 Å². The Hall–Kier alpha value is -0.643. The molecular weight excluding hydrogens is 208 g/mol. The summed E-state index contributed by atoms with van der Waals surface area (Å²) in [4.78, 5) is 22.7. The molecule has 0 saturated heterocycles. The summed E-state index contributed by atoms with van der Waals surface area (Å²) in [6.07, 6.45) is 0. The van der Waals surface area contributed by atoms with Gasteiger partial charge in [-0.25, -0.2) is 0 Å². The van der Waals surface area contributed by atoms with E-state index < -0.39 is 19.5 Å². The number of hydrogen-bond acceptors (Lipinski definition) is 3. The molecule has 0 unspecified atom stereocenters. The van der Waals surface area contributed by atoms with Gasteiger partial charge in [0.1, 0.15) is 11.2 Å². The third-order valence-electron chi connectivity index (χ3n) is 2.48. The highest BCUT2D eigenvalue weighted by Gasteiger charge is 2.34. The monoisotopic (exact) mass is 230 g/mol. The predicted octanol–water partition coefficient (Wildman–Crippen LogP) is 2.48. The van der Waals surface area contributed by atoms with Crippen LogP contribution in [0.5, 0.6) is 0 Å². The number of ketones is 1. The standard InChI is InChI=1S/C11H22O3Si/c1-9(12)11(2,3)10(13)14-7-8-15(4,5)6/h7-8H2,1-6H3. The van der Waals surface area contributed by atoms with Gasteiger partial charge in [0.15, 0.2) is 0 Å². The summed E-state index contributed by atoms with van der Waals surface area (Å²) in [6, 6.07) is 0.937. The Morgan fingerprint density at radius 3 is 2.00 bits per heavy atom. The van der Waals surface area contributed by atoms with Crippen LogP contribution in [0.4, 0.5) is 0 Å². The average molecular weight is 230 g/mol. The topological polar surface area (TPSA) is 43.4 Å². The first kappa shape index (κ1) is 14.4. The Balaban J connectivity index is 4.11. The van der Waals surface area contributed by atoms with Gasteiger partial charge in [-0.2, -0.15) is 0 Å². The fourth-order valence-corrected chi connectivity index (χ4v) is 1.49. The molecule has 0 fully saturated rings. The third kappa shape index (κ3) is 5.11. The molecule has 0 atom stereocenters. The Morgan fingerprint density at radius 2 is 1.67 bits per heavy atom. The summed E-state index contributed by atoms with van der Waals surface area (Å²) < 4.78 is 5.12. The largest absolute Gasteiger partial charge is 0.465 e. The minimum absolute atomic E-state index is 0.152. The molecule has 0 aliphatic rings. The van der Waals surface area contributed by atoms with Crippen molar-refractivity contribution in [3.8, 4) is 0 Å². The highest BCUT2D eigenvalue weighted by atomic mass is 28.3. The fraction of sp³-hybridized carbons (Fsp3) is 0.818. The first-order valence-electron chi connectivity index (χ1n) is 5.25. The molecule has 0 heterocycles. The van der Waals surface area contributed by atoms with Gasteiger partial charge < -0.3 is 4.74 Å². The van der Waals surface area contributed by atoms with E-state index in [1.807, 2.05) is 0 Å². The van der Waals surface area contributed by atoms with Crippen molar-refractivity contribution in [3.05, 3.63) is 0 Å². The number of hydrogen-bond donors (Lipinski definition) is 0. The molecule has 0 N–H and O–H groups in total. The third-order valence-corrected chi connectivity index (χ3v) is 4.18. The Kier molecular flexibility index (Phi) is 4.71. The Bertz CT molecular complexity index is 251. The molecule has 0 aliphatic heterocycles. The Morgan fingerprint density at radius 1 is 1.20 bits per heavy atom. The molecule has 0 amide bonds. The van der Waals surface area contributed by atoms with E-state index in [4.69, 9.17) is 4.74 Å².